The van der Waals surface area contributed by atoms with Crippen molar-refractivity contribution < 1.29 is 27.9 Å². The topological polar surface area (TPSA) is 81.5 Å². The molecular weight excluding hydrogens is 421 g/mol. The van der Waals surface area contributed by atoms with Crippen LogP contribution >= 0.6 is 0 Å². The Hall–Kier alpha value is -3.42. The highest BCUT2D eigenvalue weighted by Crippen LogP contribution is 2.36. The minimum atomic E-state index is -0.984. The number of nitrogens with one attached hydrogen (secondary N) is 1. The number of hydrogen-bond donors (Lipinski definition) is 2. The standard InChI is InChI=1S/C24H23F3N2O3/c1-14-9-15(4-7-20(14)26)19(18-6-5-16(25)10-21(18)27)11-17-3-2-8-29(17)24(32)12-22(30)23(31)13-28/h4-7,9-10,12-13,17,19,28,30H,2-3,8,11H2,1H3/b22-12-,28-13?/t17-,19+/m1/s1. The van der Waals surface area contributed by atoms with E-state index < -0.39 is 40.8 Å². The zero-order valence-corrected chi connectivity index (χ0v) is 17.4. The number of rotatable bonds is 7. The molecule has 0 aromatic heterocycles. The summed E-state index contributed by atoms with van der Waals surface area (Å²) in [5, 5.41) is 16.6. The van der Waals surface area contributed by atoms with Gasteiger partial charge in [0.2, 0.25) is 5.78 Å². The molecule has 0 aliphatic carbocycles. The fourth-order valence-corrected chi connectivity index (χ4v) is 4.10. The number of halogens is 3. The first-order chi connectivity index (χ1) is 15.2. The van der Waals surface area contributed by atoms with Gasteiger partial charge in [0.25, 0.3) is 5.91 Å². The zero-order chi connectivity index (χ0) is 23.4. The van der Waals surface area contributed by atoms with E-state index >= 15 is 0 Å². The number of likely N-dealkylation sites (tertiary alicyclic amines) is 1. The van der Waals surface area contributed by atoms with Gasteiger partial charge in [-0.25, -0.2) is 13.2 Å². The van der Waals surface area contributed by atoms with Gasteiger partial charge < -0.3 is 15.4 Å². The first kappa shape index (κ1) is 23.2. The van der Waals surface area contributed by atoms with Crippen LogP contribution in [0.15, 0.2) is 48.2 Å². The van der Waals surface area contributed by atoms with Crippen molar-refractivity contribution in [3.63, 3.8) is 0 Å². The Balaban J connectivity index is 1.95. The lowest BCUT2D eigenvalue weighted by Gasteiger charge is -2.29. The maximum Gasteiger partial charge on any atom is 0.250 e. The number of carbonyl (C=O) groups excluding carboxylic acids is 2. The summed E-state index contributed by atoms with van der Waals surface area (Å²) in [6.45, 7) is 1.98. The van der Waals surface area contributed by atoms with Crippen LogP contribution in [0.1, 0.15) is 41.9 Å². The van der Waals surface area contributed by atoms with Gasteiger partial charge in [-0.05, 0) is 55.0 Å². The average molecular weight is 444 g/mol. The van der Waals surface area contributed by atoms with E-state index in [-0.39, 0.29) is 18.0 Å². The van der Waals surface area contributed by atoms with Crippen LogP contribution in [0.5, 0.6) is 0 Å². The van der Waals surface area contributed by atoms with Gasteiger partial charge in [0, 0.05) is 30.6 Å². The molecule has 1 saturated heterocycles. The number of amides is 1. The molecule has 0 unspecified atom stereocenters. The molecule has 2 atom stereocenters. The quantitative estimate of drug-likeness (QED) is 0.373. The van der Waals surface area contributed by atoms with Crippen molar-refractivity contribution in [2.75, 3.05) is 6.54 Å². The van der Waals surface area contributed by atoms with Gasteiger partial charge >= 0.3 is 0 Å². The van der Waals surface area contributed by atoms with Gasteiger partial charge in [-0.2, -0.15) is 0 Å². The van der Waals surface area contributed by atoms with Crippen molar-refractivity contribution in [3.8, 4) is 0 Å². The second-order valence-electron chi connectivity index (χ2n) is 7.83. The summed E-state index contributed by atoms with van der Waals surface area (Å²) in [4.78, 5) is 25.5. The molecule has 3 rings (SSSR count). The average Bonchev–Trinajstić information content (AvgIpc) is 3.22. The highest BCUT2D eigenvalue weighted by molar-refractivity contribution is 6.33. The minimum absolute atomic E-state index is 0.231. The van der Waals surface area contributed by atoms with Gasteiger partial charge in [-0.1, -0.05) is 18.2 Å². The predicted molar refractivity (Wildman–Crippen MR) is 113 cm³/mol. The van der Waals surface area contributed by atoms with E-state index in [0.29, 0.717) is 36.7 Å². The van der Waals surface area contributed by atoms with Crippen LogP contribution in [-0.4, -0.2) is 40.5 Å². The summed E-state index contributed by atoms with van der Waals surface area (Å²) in [7, 11) is 0. The van der Waals surface area contributed by atoms with Crippen molar-refractivity contribution in [1.82, 2.24) is 4.90 Å². The number of allylic oxidation sites excluding steroid dienone is 1. The highest BCUT2D eigenvalue weighted by Gasteiger charge is 2.32. The number of benzene rings is 2. The number of Topliss-reactive ketones (excluding diaryl/α,β-unsaturated/α-hetero) is 1. The molecule has 2 aromatic rings. The van der Waals surface area contributed by atoms with Gasteiger partial charge in [-0.15, -0.1) is 0 Å². The monoisotopic (exact) mass is 444 g/mol. The van der Waals surface area contributed by atoms with Crippen LogP contribution < -0.4 is 0 Å². The molecule has 8 heteroatoms. The van der Waals surface area contributed by atoms with Gasteiger partial charge in [0.1, 0.15) is 17.5 Å². The third-order valence-corrected chi connectivity index (χ3v) is 5.73. The Morgan fingerprint density at radius 3 is 2.59 bits per heavy atom. The van der Waals surface area contributed by atoms with Crippen LogP contribution in [0.2, 0.25) is 0 Å². The second-order valence-corrected chi connectivity index (χ2v) is 7.83. The van der Waals surface area contributed by atoms with Crippen LogP contribution in [0, 0.1) is 29.8 Å². The van der Waals surface area contributed by atoms with E-state index in [2.05, 4.69) is 0 Å². The molecule has 1 aliphatic rings. The lowest BCUT2D eigenvalue weighted by atomic mass is 9.84. The molecular formula is C24H23F3N2O3. The molecule has 1 aliphatic heterocycles. The highest BCUT2D eigenvalue weighted by atomic mass is 19.1. The third-order valence-electron chi connectivity index (χ3n) is 5.73. The fourth-order valence-electron chi connectivity index (χ4n) is 4.10. The maximum absolute atomic E-state index is 14.7. The summed E-state index contributed by atoms with van der Waals surface area (Å²) >= 11 is 0. The summed E-state index contributed by atoms with van der Waals surface area (Å²) < 4.78 is 42.0. The number of nitrogens with zero attached hydrogens (tertiary/aromatic N) is 1. The molecule has 32 heavy (non-hydrogen) atoms. The van der Waals surface area contributed by atoms with Crippen molar-refractivity contribution in [3.05, 3.63) is 82.4 Å². The Morgan fingerprint density at radius 1 is 1.19 bits per heavy atom. The lowest BCUT2D eigenvalue weighted by Crippen LogP contribution is -2.36. The Kier molecular flexibility index (Phi) is 7.12. The maximum atomic E-state index is 14.7. The molecule has 5 nitrogen and oxygen atoms in total. The van der Waals surface area contributed by atoms with Crippen molar-refractivity contribution in [2.45, 2.75) is 38.1 Å². The zero-order valence-electron chi connectivity index (χ0n) is 17.4. The van der Waals surface area contributed by atoms with E-state index in [4.69, 9.17) is 5.41 Å². The number of aliphatic hydroxyl groups is 1. The van der Waals surface area contributed by atoms with Crippen LogP contribution in [0.25, 0.3) is 0 Å². The second kappa shape index (κ2) is 9.80. The predicted octanol–water partition coefficient (Wildman–Crippen LogP) is 4.59. The summed E-state index contributed by atoms with van der Waals surface area (Å²) in [6.07, 6.45) is 2.75. The van der Waals surface area contributed by atoms with E-state index in [1.165, 1.54) is 17.0 Å². The Morgan fingerprint density at radius 2 is 1.94 bits per heavy atom. The fraction of sp³-hybridized carbons (Fsp3) is 0.292. The summed E-state index contributed by atoms with van der Waals surface area (Å²) in [5.74, 6) is -4.83. The third kappa shape index (κ3) is 5.07. The minimum Gasteiger partial charge on any atom is -0.504 e. The molecule has 1 heterocycles. The first-order valence-corrected chi connectivity index (χ1v) is 10.2. The molecule has 2 N–H and O–H groups in total. The van der Waals surface area contributed by atoms with E-state index in [1.54, 1.807) is 19.1 Å². The molecule has 1 fully saturated rings. The Bertz CT molecular complexity index is 1080. The van der Waals surface area contributed by atoms with Crippen molar-refractivity contribution >= 4 is 17.9 Å². The van der Waals surface area contributed by atoms with E-state index in [0.717, 1.165) is 18.2 Å². The molecule has 0 radical (unpaired) electrons. The number of aliphatic hydroxyl groups excluding tert-OH is 1. The largest absolute Gasteiger partial charge is 0.504 e. The molecule has 1 amide bonds. The SMILES string of the molecule is Cc1cc([C@H](C[C@H]2CCCN2C(=O)/C=C(\O)C(=O)C=N)c2ccc(F)cc2F)ccc1F. The number of ketones is 1. The van der Waals surface area contributed by atoms with Crippen LogP contribution in [-0.2, 0) is 9.59 Å². The van der Waals surface area contributed by atoms with Crippen LogP contribution in [0.3, 0.4) is 0 Å². The molecule has 168 valence electrons. The van der Waals surface area contributed by atoms with Gasteiger partial charge in [0.05, 0.1) is 6.21 Å². The molecule has 0 saturated carbocycles. The number of carbonyl (C=O) groups is 2. The van der Waals surface area contributed by atoms with Crippen molar-refractivity contribution in [2.24, 2.45) is 0 Å². The number of aryl methyl sites for hydroxylation is 1. The molecule has 2 aromatic carbocycles. The van der Waals surface area contributed by atoms with Gasteiger partial charge in [0.15, 0.2) is 5.76 Å². The number of hydrogen-bond acceptors (Lipinski definition) is 4. The first-order valence-electron chi connectivity index (χ1n) is 10.2. The lowest BCUT2D eigenvalue weighted by molar-refractivity contribution is -0.127. The summed E-state index contributed by atoms with van der Waals surface area (Å²) in [5.41, 5.74) is 1.24. The smallest absolute Gasteiger partial charge is 0.250 e. The normalized spacial score (nSPS) is 17.3. The van der Waals surface area contributed by atoms with E-state index in [9.17, 15) is 27.9 Å². The molecule has 0 spiro atoms. The molecule has 0 bridgehead atoms. The van der Waals surface area contributed by atoms with Crippen molar-refractivity contribution in [1.29, 1.82) is 5.41 Å². The van der Waals surface area contributed by atoms with Gasteiger partial charge in [-0.3, -0.25) is 9.59 Å². The van der Waals surface area contributed by atoms with E-state index in [1.807, 2.05) is 0 Å². The Labute approximate surface area is 183 Å². The summed E-state index contributed by atoms with van der Waals surface area (Å²) in [6, 6.07) is 7.40. The van der Waals surface area contributed by atoms with Crippen LogP contribution in [0.4, 0.5) is 13.2 Å².